The monoisotopic (exact) mass is 437 g/mol. The summed E-state index contributed by atoms with van der Waals surface area (Å²) in [5.74, 6) is -0.266. The Morgan fingerprint density at radius 1 is 1.10 bits per heavy atom. The van der Waals surface area contributed by atoms with Crippen LogP contribution in [-0.4, -0.2) is 53.9 Å². The van der Waals surface area contributed by atoms with Crippen molar-refractivity contribution in [2.45, 2.75) is 24.1 Å². The molecule has 7 heteroatoms. The molecule has 3 aromatic rings. The molecule has 1 N–H and O–H groups in total. The number of aromatic amines is 1. The Bertz CT molecular complexity index is 1230. The van der Waals surface area contributed by atoms with Crippen LogP contribution in [0.25, 0.3) is 28.0 Å². The first-order valence-corrected chi connectivity index (χ1v) is 12.4. The molecule has 0 saturated carbocycles. The number of nitrogens with zero attached hydrogens (tertiary/aromatic N) is 2. The van der Waals surface area contributed by atoms with Crippen molar-refractivity contribution >= 4 is 15.4 Å². The second kappa shape index (κ2) is 7.73. The zero-order chi connectivity index (χ0) is 21.6. The minimum absolute atomic E-state index is 0.137. The molecule has 1 fully saturated rings. The molecule has 0 bridgehead atoms. The van der Waals surface area contributed by atoms with Crippen molar-refractivity contribution in [3.05, 3.63) is 72.4 Å². The van der Waals surface area contributed by atoms with Crippen molar-refractivity contribution in [3.63, 3.8) is 0 Å². The highest BCUT2D eigenvalue weighted by Crippen LogP contribution is 2.41. The van der Waals surface area contributed by atoms with Crippen molar-refractivity contribution in [1.82, 2.24) is 14.9 Å². The van der Waals surface area contributed by atoms with E-state index in [0.717, 1.165) is 40.9 Å². The topological polar surface area (TPSA) is 66.1 Å². The maximum Gasteiger partial charge on any atom is 0.151 e. The average molecular weight is 438 g/mol. The Morgan fingerprint density at radius 3 is 2.55 bits per heavy atom. The van der Waals surface area contributed by atoms with Crippen molar-refractivity contribution in [2.75, 3.05) is 19.3 Å². The largest absolute Gasteiger partial charge is 0.360 e. The molecule has 1 saturated heterocycles. The lowest BCUT2D eigenvalue weighted by molar-refractivity contribution is 0.288. The normalized spacial score (nSPS) is 21.7. The molecule has 31 heavy (non-hydrogen) atoms. The zero-order valence-corrected chi connectivity index (χ0v) is 18.1. The SMILES string of the molecule is CS(=O)(=O)C1CC2C=C(c3c[nH]c(-c4ccc(F)cc4)c3-c3ccncc3)CCN2C1. The van der Waals surface area contributed by atoms with Crippen LogP contribution in [-0.2, 0) is 9.84 Å². The van der Waals surface area contributed by atoms with Crippen LogP contribution in [0.1, 0.15) is 18.4 Å². The summed E-state index contributed by atoms with van der Waals surface area (Å²) in [5.41, 5.74) is 6.26. The molecule has 2 aliphatic rings. The number of rotatable bonds is 4. The number of pyridine rings is 1. The van der Waals surface area contributed by atoms with Gasteiger partial charge in [-0.05, 0) is 65.9 Å². The molecule has 0 aliphatic carbocycles. The molecule has 2 atom stereocenters. The summed E-state index contributed by atoms with van der Waals surface area (Å²) >= 11 is 0. The van der Waals surface area contributed by atoms with Crippen LogP contribution >= 0.6 is 0 Å². The van der Waals surface area contributed by atoms with E-state index >= 15 is 0 Å². The number of hydrogen-bond donors (Lipinski definition) is 1. The molecule has 2 unspecified atom stereocenters. The van der Waals surface area contributed by atoms with Crippen LogP contribution in [0.15, 0.2) is 61.1 Å². The molecule has 0 spiro atoms. The summed E-state index contributed by atoms with van der Waals surface area (Å²) < 4.78 is 37.6. The van der Waals surface area contributed by atoms with Gasteiger partial charge in [0.1, 0.15) is 5.82 Å². The number of benzene rings is 1. The highest BCUT2D eigenvalue weighted by molar-refractivity contribution is 7.91. The quantitative estimate of drug-likeness (QED) is 0.666. The molecule has 4 heterocycles. The van der Waals surface area contributed by atoms with Gasteiger partial charge in [-0.3, -0.25) is 9.88 Å². The summed E-state index contributed by atoms with van der Waals surface area (Å²) in [5, 5.41) is -0.297. The van der Waals surface area contributed by atoms with Crippen molar-refractivity contribution in [3.8, 4) is 22.4 Å². The van der Waals surface area contributed by atoms with E-state index in [1.165, 1.54) is 24.0 Å². The van der Waals surface area contributed by atoms with Crippen LogP contribution in [0.4, 0.5) is 4.39 Å². The third-order valence-electron chi connectivity index (χ3n) is 6.41. The lowest BCUT2D eigenvalue weighted by Crippen LogP contribution is -2.33. The first-order valence-electron chi connectivity index (χ1n) is 10.4. The van der Waals surface area contributed by atoms with Gasteiger partial charge in [0.2, 0.25) is 0 Å². The van der Waals surface area contributed by atoms with Gasteiger partial charge in [0.15, 0.2) is 9.84 Å². The molecule has 5 nitrogen and oxygen atoms in total. The van der Waals surface area contributed by atoms with E-state index in [-0.39, 0.29) is 17.1 Å². The van der Waals surface area contributed by atoms with Crippen LogP contribution < -0.4 is 0 Å². The van der Waals surface area contributed by atoms with Gasteiger partial charge in [0.25, 0.3) is 0 Å². The van der Waals surface area contributed by atoms with Gasteiger partial charge in [-0.1, -0.05) is 6.08 Å². The Kier molecular flexibility index (Phi) is 5.02. The predicted molar refractivity (Wildman–Crippen MR) is 121 cm³/mol. The van der Waals surface area contributed by atoms with E-state index in [9.17, 15) is 12.8 Å². The number of hydrogen-bond acceptors (Lipinski definition) is 4. The molecule has 2 aliphatic heterocycles. The number of fused-ring (bicyclic) bond motifs is 1. The maximum atomic E-state index is 13.5. The highest BCUT2D eigenvalue weighted by Gasteiger charge is 2.38. The Labute approximate surface area is 181 Å². The van der Waals surface area contributed by atoms with E-state index in [1.807, 2.05) is 18.3 Å². The van der Waals surface area contributed by atoms with Crippen LogP contribution in [0.3, 0.4) is 0 Å². The highest BCUT2D eigenvalue weighted by atomic mass is 32.2. The summed E-state index contributed by atoms with van der Waals surface area (Å²) in [6.45, 7) is 1.45. The third-order valence-corrected chi connectivity index (χ3v) is 7.96. The molecular weight excluding hydrogens is 413 g/mol. The van der Waals surface area contributed by atoms with Gasteiger partial charge in [-0.15, -0.1) is 0 Å². The molecule has 0 radical (unpaired) electrons. The number of H-pyrrole nitrogens is 1. The first kappa shape index (κ1) is 20.2. The Morgan fingerprint density at radius 2 is 1.84 bits per heavy atom. The molecular formula is C24H24FN3O2S. The van der Waals surface area contributed by atoms with Gasteiger partial charge in [-0.2, -0.15) is 0 Å². The maximum absolute atomic E-state index is 13.5. The molecule has 2 aromatic heterocycles. The molecule has 5 rings (SSSR count). The summed E-state index contributed by atoms with van der Waals surface area (Å²) in [4.78, 5) is 9.83. The zero-order valence-electron chi connectivity index (χ0n) is 17.3. The number of halogens is 1. The van der Waals surface area contributed by atoms with Crippen LogP contribution in [0.2, 0.25) is 0 Å². The summed E-state index contributed by atoms with van der Waals surface area (Å²) in [7, 11) is -3.04. The van der Waals surface area contributed by atoms with E-state index in [4.69, 9.17) is 0 Å². The predicted octanol–water partition coefficient (Wildman–Crippen LogP) is 4.16. The average Bonchev–Trinajstić information content (AvgIpc) is 3.39. The lowest BCUT2D eigenvalue weighted by Gasteiger charge is -2.28. The fourth-order valence-electron chi connectivity index (χ4n) is 4.77. The van der Waals surface area contributed by atoms with Crippen LogP contribution in [0, 0.1) is 5.82 Å². The third kappa shape index (κ3) is 3.83. The summed E-state index contributed by atoms with van der Waals surface area (Å²) in [6, 6.07) is 10.6. The van der Waals surface area contributed by atoms with Crippen molar-refractivity contribution < 1.29 is 12.8 Å². The first-order chi connectivity index (χ1) is 14.9. The number of aromatic nitrogens is 2. The fraction of sp³-hybridized carbons (Fsp3) is 0.292. The van der Waals surface area contributed by atoms with Gasteiger partial charge < -0.3 is 4.98 Å². The Hall–Kier alpha value is -2.77. The van der Waals surface area contributed by atoms with E-state index in [0.29, 0.717) is 13.0 Å². The second-order valence-electron chi connectivity index (χ2n) is 8.39. The standard InChI is InChI=1S/C24H24FN3O2S/c1-31(29,30)21-13-20-12-18(8-11-28(20)15-21)22-14-27-24(17-2-4-19(25)5-3-17)23(22)16-6-9-26-10-7-16/h2-7,9-10,12,14,20-21,27H,8,11,13,15H2,1H3. The lowest BCUT2D eigenvalue weighted by atomic mass is 9.90. The van der Waals surface area contributed by atoms with Crippen molar-refractivity contribution in [2.24, 2.45) is 0 Å². The van der Waals surface area contributed by atoms with E-state index in [1.54, 1.807) is 24.5 Å². The smallest absolute Gasteiger partial charge is 0.151 e. The van der Waals surface area contributed by atoms with E-state index < -0.39 is 9.84 Å². The minimum atomic E-state index is -3.04. The number of nitrogens with one attached hydrogen (secondary N) is 1. The van der Waals surface area contributed by atoms with E-state index in [2.05, 4.69) is 20.9 Å². The molecule has 1 aromatic carbocycles. The molecule has 0 amide bonds. The second-order valence-corrected chi connectivity index (χ2v) is 10.7. The Balaban J connectivity index is 1.58. The van der Waals surface area contributed by atoms with Crippen LogP contribution in [0.5, 0.6) is 0 Å². The van der Waals surface area contributed by atoms with Gasteiger partial charge in [0.05, 0.1) is 10.9 Å². The van der Waals surface area contributed by atoms with Crippen molar-refractivity contribution in [1.29, 1.82) is 0 Å². The summed E-state index contributed by atoms with van der Waals surface area (Å²) in [6.07, 6.45) is 10.6. The molecule has 160 valence electrons. The number of sulfone groups is 1. The van der Waals surface area contributed by atoms with Gasteiger partial charge in [-0.25, -0.2) is 12.8 Å². The minimum Gasteiger partial charge on any atom is -0.360 e. The fourth-order valence-corrected chi connectivity index (χ4v) is 5.78. The van der Waals surface area contributed by atoms with Gasteiger partial charge in [0, 0.05) is 55.1 Å². The van der Waals surface area contributed by atoms with Gasteiger partial charge >= 0.3 is 0 Å².